The molecule has 0 bridgehead atoms. The predicted molar refractivity (Wildman–Crippen MR) is 109 cm³/mol. The third-order valence-electron chi connectivity index (χ3n) is 5.25. The van der Waals surface area contributed by atoms with Gasteiger partial charge < -0.3 is 15.3 Å². The Morgan fingerprint density at radius 3 is 2.68 bits per heavy atom. The SMILES string of the molecule is CCCN(C)c1ncc(C(=O)NC2CCCCC2O)cc1-c1ccc(F)cc1. The van der Waals surface area contributed by atoms with Crippen molar-refractivity contribution in [2.24, 2.45) is 0 Å². The predicted octanol–water partition coefficient (Wildman–Crippen LogP) is 3.77. The number of aliphatic hydroxyl groups excluding tert-OH is 1. The van der Waals surface area contributed by atoms with Crippen LogP contribution in [0.15, 0.2) is 36.5 Å². The van der Waals surface area contributed by atoms with Gasteiger partial charge in [-0.15, -0.1) is 0 Å². The number of benzene rings is 1. The first kappa shape index (κ1) is 20.3. The largest absolute Gasteiger partial charge is 0.391 e. The summed E-state index contributed by atoms with van der Waals surface area (Å²) in [6.45, 7) is 2.91. The van der Waals surface area contributed by atoms with Crippen molar-refractivity contribution in [2.45, 2.75) is 51.2 Å². The van der Waals surface area contributed by atoms with Crippen LogP contribution in [0.4, 0.5) is 10.2 Å². The molecule has 1 fully saturated rings. The monoisotopic (exact) mass is 385 g/mol. The number of pyridine rings is 1. The van der Waals surface area contributed by atoms with Crippen LogP contribution >= 0.6 is 0 Å². The fourth-order valence-electron chi connectivity index (χ4n) is 3.70. The van der Waals surface area contributed by atoms with E-state index in [1.165, 1.54) is 12.1 Å². The summed E-state index contributed by atoms with van der Waals surface area (Å²) < 4.78 is 13.4. The molecule has 1 aliphatic rings. The molecule has 2 atom stereocenters. The van der Waals surface area contributed by atoms with Gasteiger partial charge in [0.15, 0.2) is 0 Å². The van der Waals surface area contributed by atoms with Crippen LogP contribution in [-0.4, -0.2) is 41.7 Å². The van der Waals surface area contributed by atoms with Crippen LogP contribution < -0.4 is 10.2 Å². The van der Waals surface area contributed by atoms with Crippen molar-refractivity contribution in [1.29, 1.82) is 0 Å². The van der Waals surface area contributed by atoms with Gasteiger partial charge in [-0.3, -0.25) is 4.79 Å². The third-order valence-corrected chi connectivity index (χ3v) is 5.25. The Labute approximate surface area is 165 Å². The molecular formula is C22H28FN3O2. The molecule has 1 aromatic heterocycles. The number of carbonyl (C=O) groups excluding carboxylic acids is 1. The first-order chi connectivity index (χ1) is 13.5. The fraction of sp³-hybridized carbons (Fsp3) is 0.455. The minimum atomic E-state index is -0.503. The molecule has 1 amide bonds. The number of carbonyl (C=O) groups is 1. The zero-order valence-electron chi connectivity index (χ0n) is 16.5. The Kier molecular flexibility index (Phi) is 6.62. The van der Waals surface area contributed by atoms with Crippen molar-refractivity contribution < 1.29 is 14.3 Å². The molecule has 5 nitrogen and oxygen atoms in total. The van der Waals surface area contributed by atoms with E-state index in [1.54, 1.807) is 24.4 Å². The highest BCUT2D eigenvalue weighted by Crippen LogP contribution is 2.30. The second kappa shape index (κ2) is 9.15. The molecule has 6 heteroatoms. The maximum Gasteiger partial charge on any atom is 0.253 e. The van der Waals surface area contributed by atoms with E-state index in [9.17, 15) is 14.3 Å². The summed E-state index contributed by atoms with van der Waals surface area (Å²) in [6.07, 6.45) is 5.51. The maximum atomic E-state index is 13.4. The number of hydrogen-bond acceptors (Lipinski definition) is 4. The van der Waals surface area contributed by atoms with Crippen LogP contribution in [0.2, 0.25) is 0 Å². The van der Waals surface area contributed by atoms with E-state index in [4.69, 9.17) is 0 Å². The minimum Gasteiger partial charge on any atom is -0.391 e. The smallest absolute Gasteiger partial charge is 0.253 e. The lowest BCUT2D eigenvalue weighted by Gasteiger charge is -2.28. The Balaban J connectivity index is 1.91. The van der Waals surface area contributed by atoms with Gasteiger partial charge in [0, 0.05) is 25.4 Å². The van der Waals surface area contributed by atoms with Crippen molar-refractivity contribution in [2.75, 3.05) is 18.5 Å². The molecule has 0 saturated heterocycles. The van der Waals surface area contributed by atoms with Crippen LogP contribution in [0.5, 0.6) is 0 Å². The first-order valence-electron chi connectivity index (χ1n) is 9.95. The number of rotatable bonds is 6. The van der Waals surface area contributed by atoms with E-state index < -0.39 is 6.10 Å². The molecule has 1 saturated carbocycles. The van der Waals surface area contributed by atoms with E-state index in [-0.39, 0.29) is 17.8 Å². The average Bonchev–Trinajstić information content (AvgIpc) is 2.70. The highest BCUT2D eigenvalue weighted by molar-refractivity contribution is 5.96. The third kappa shape index (κ3) is 4.68. The van der Waals surface area contributed by atoms with Gasteiger partial charge in [0.05, 0.1) is 17.7 Å². The van der Waals surface area contributed by atoms with E-state index in [2.05, 4.69) is 17.2 Å². The molecule has 150 valence electrons. The summed E-state index contributed by atoms with van der Waals surface area (Å²) in [5.74, 6) is 0.203. The number of aliphatic hydroxyl groups is 1. The standard InChI is InChI=1S/C22H28FN3O2/c1-3-12-26(2)21-18(15-8-10-17(23)11-9-15)13-16(14-24-21)22(28)25-19-6-4-5-7-20(19)27/h8-11,13-14,19-20,27H,3-7,12H2,1-2H3,(H,25,28). The highest BCUT2D eigenvalue weighted by Gasteiger charge is 2.25. The second-order valence-electron chi connectivity index (χ2n) is 7.46. The Hall–Kier alpha value is -2.47. The average molecular weight is 385 g/mol. The molecule has 1 heterocycles. The van der Waals surface area contributed by atoms with Crippen molar-refractivity contribution in [3.63, 3.8) is 0 Å². The molecule has 1 aromatic carbocycles. The normalized spacial score (nSPS) is 19.3. The van der Waals surface area contributed by atoms with Gasteiger partial charge in [0.1, 0.15) is 11.6 Å². The number of anilines is 1. The van der Waals surface area contributed by atoms with Gasteiger partial charge in [0.25, 0.3) is 5.91 Å². The summed E-state index contributed by atoms with van der Waals surface area (Å²) in [4.78, 5) is 19.3. The topological polar surface area (TPSA) is 65.5 Å². The van der Waals surface area contributed by atoms with Crippen molar-refractivity contribution in [1.82, 2.24) is 10.3 Å². The van der Waals surface area contributed by atoms with E-state index >= 15 is 0 Å². The number of amides is 1. The Morgan fingerprint density at radius 2 is 2.00 bits per heavy atom. The summed E-state index contributed by atoms with van der Waals surface area (Å²) in [7, 11) is 1.96. The molecular weight excluding hydrogens is 357 g/mol. The highest BCUT2D eigenvalue weighted by atomic mass is 19.1. The van der Waals surface area contributed by atoms with Gasteiger partial charge in [-0.25, -0.2) is 9.37 Å². The van der Waals surface area contributed by atoms with E-state index in [0.29, 0.717) is 12.0 Å². The summed E-state index contributed by atoms with van der Waals surface area (Å²) in [6, 6.07) is 7.78. The zero-order valence-corrected chi connectivity index (χ0v) is 16.5. The molecule has 28 heavy (non-hydrogen) atoms. The van der Waals surface area contributed by atoms with Crippen molar-refractivity contribution in [3.05, 3.63) is 47.9 Å². The molecule has 2 aromatic rings. The molecule has 0 radical (unpaired) electrons. The molecule has 1 aliphatic carbocycles. The first-order valence-corrected chi connectivity index (χ1v) is 9.95. The van der Waals surface area contributed by atoms with Crippen LogP contribution in [0, 0.1) is 5.82 Å². The summed E-state index contributed by atoms with van der Waals surface area (Å²) in [5.41, 5.74) is 2.03. The van der Waals surface area contributed by atoms with Gasteiger partial charge in [-0.05, 0) is 43.0 Å². The number of nitrogens with zero attached hydrogens (tertiary/aromatic N) is 2. The molecule has 0 spiro atoms. The van der Waals surface area contributed by atoms with Crippen LogP contribution in [0.3, 0.4) is 0 Å². The number of halogens is 1. The molecule has 2 N–H and O–H groups in total. The van der Waals surface area contributed by atoms with Gasteiger partial charge in [0.2, 0.25) is 0 Å². The van der Waals surface area contributed by atoms with Crippen molar-refractivity contribution in [3.8, 4) is 11.1 Å². The molecule has 3 rings (SSSR count). The Bertz CT molecular complexity index is 810. The lowest BCUT2D eigenvalue weighted by Crippen LogP contribution is -2.45. The van der Waals surface area contributed by atoms with Crippen molar-refractivity contribution >= 4 is 11.7 Å². The van der Waals surface area contributed by atoms with Crippen LogP contribution in [0.25, 0.3) is 11.1 Å². The van der Waals surface area contributed by atoms with Gasteiger partial charge >= 0.3 is 0 Å². The maximum absolute atomic E-state index is 13.4. The number of aromatic nitrogens is 1. The summed E-state index contributed by atoms with van der Waals surface area (Å²) >= 11 is 0. The zero-order chi connectivity index (χ0) is 20.1. The summed E-state index contributed by atoms with van der Waals surface area (Å²) in [5, 5.41) is 13.1. The number of hydrogen-bond donors (Lipinski definition) is 2. The van der Waals surface area contributed by atoms with Gasteiger partial charge in [-0.2, -0.15) is 0 Å². The number of nitrogens with one attached hydrogen (secondary N) is 1. The van der Waals surface area contributed by atoms with E-state index in [1.807, 2.05) is 11.9 Å². The van der Waals surface area contributed by atoms with Crippen LogP contribution in [0.1, 0.15) is 49.4 Å². The lowest BCUT2D eigenvalue weighted by atomic mass is 9.92. The second-order valence-corrected chi connectivity index (χ2v) is 7.46. The van der Waals surface area contributed by atoms with E-state index in [0.717, 1.165) is 49.2 Å². The molecule has 2 unspecified atom stereocenters. The lowest BCUT2D eigenvalue weighted by molar-refractivity contribution is 0.0717. The van der Waals surface area contributed by atoms with Crippen LogP contribution in [-0.2, 0) is 0 Å². The minimum absolute atomic E-state index is 0.224. The fourth-order valence-corrected chi connectivity index (χ4v) is 3.70. The quantitative estimate of drug-likeness (QED) is 0.795. The van der Waals surface area contributed by atoms with Gasteiger partial charge in [-0.1, -0.05) is 31.9 Å². The molecule has 0 aliphatic heterocycles. The Morgan fingerprint density at radius 1 is 1.29 bits per heavy atom.